The molecule has 1 N–H and O–H groups in total. The van der Waals surface area contributed by atoms with Crippen LogP contribution in [-0.4, -0.2) is 22.3 Å². The van der Waals surface area contributed by atoms with Crippen LogP contribution in [0.5, 0.6) is 5.75 Å². The summed E-state index contributed by atoms with van der Waals surface area (Å²) in [4.78, 5) is 23.7. The van der Waals surface area contributed by atoms with Crippen molar-refractivity contribution >= 4 is 55.8 Å². The van der Waals surface area contributed by atoms with Crippen LogP contribution in [-0.2, 0) is 11.3 Å². The Kier molecular flexibility index (Phi) is 5.05. The van der Waals surface area contributed by atoms with E-state index in [1.807, 2.05) is 54.7 Å². The lowest BCUT2D eigenvalue weighted by Crippen LogP contribution is -2.17. The number of benzene rings is 2. The fourth-order valence-electron chi connectivity index (χ4n) is 2.94. The number of ether oxygens (including phenoxy) is 1. The molecule has 7 heteroatoms. The smallest absolute Gasteiger partial charge is 0.290 e. The van der Waals surface area contributed by atoms with Crippen molar-refractivity contribution in [3.8, 4) is 5.75 Å². The molecular weight excluding hydrogens is 428 g/mol. The summed E-state index contributed by atoms with van der Waals surface area (Å²) >= 11 is 4.42. The molecule has 0 radical (unpaired) electrons. The average molecular weight is 443 g/mol. The molecule has 2 amide bonds. The van der Waals surface area contributed by atoms with Crippen LogP contribution in [0.1, 0.15) is 5.56 Å². The first-order valence-corrected chi connectivity index (χ1v) is 9.92. The molecule has 1 aliphatic rings. The summed E-state index contributed by atoms with van der Waals surface area (Å²) in [5.74, 6) is 0.477. The number of imide groups is 1. The summed E-state index contributed by atoms with van der Waals surface area (Å²) in [5.41, 5.74) is 1.93. The number of nitrogens with one attached hydrogen (secondary N) is 1. The number of hydrogen-bond donors (Lipinski definition) is 1. The predicted molar refractivity (Wildman–Crippen MR) is 111 cm³/mol. The number of carbonyl (C=O) groups is 2. The molecule has 0 atom stereocenters. The van der Waals surface area contributed by atoms with Crippen LogP contribution >= 0.6 is 27.7 Å². The molecule has 27 heavy (non-hydrogen) atoms. The minimum absolute atomic E-state index is 0.340. The molecule has 1 aromatic heterocycles. The molecule has 1 aliphatic heterocycles. The lowest BCUT2D eigenvalue weighted by atomic mass is 10.1. The Morgan fingerprint density at radius 1 is 1.15 bits per heavy atom. The van der Waals surface area contributed by atoms with E-state index in [-0.39, 0.29) is 11.1 Å². The zero-order chi connectivity index (χ0) is 18.8. The van der Waals surface area contributed by atoms with E-state index in [1.165, 1.54) is 0 Å². The Labute approximate surface area is 168 Å². The quantitative estimate of drug-likeness (QED) is 0.576. The van der Waals surface area contributed by atoms with Crippen LogP contribution in [0, 0.1) is 0 Å². The van der Waals surface area contributed by atoms with Gasteiger partial charge in [0.25, 0.3) is 11.1 Å². The first-order chi connectivity index (χ1) is 13.1. The van der Waals surface area contributed by atoms with Crippen LogP contribution in [0.4, 0.5) is 4.79 Å². The fourth-order valence-corrected chi connectivity index (χ4v) is 3.97. The molecule has 3 aromatic rings. The molecule has 5 nitrogen and oxygen atoms in total. The maximum Gasteiger partial charge on any atom is 0.290 e. The lowest BCUT2D eigenvalue weighted by molar-refractivity contribution is -0.115. The van der Waals surface area contributed by atoms with Gasteiger partial charge in [-0.05, 0) is 48.2 Å². The summed E-state index contributed by atoms with van der Waals surface area (Å²) in [6, 6.07) is 15.7. The number of aromatic nitrogens is 1. The normalized spacial score (nSPS) is 15.5. The molecule has 1 fully saturated rings. The maximum atomic E-state index is 11.9. The standard InChI is InChI=1S/C20H15BrN2O3S/c21-14-6-7-17-16(11-14)13(10-18-19(24)22-20(25)27-18)12-23(17)8-9-26-15-4-2-1-3-5-15/h1-7,10-12H,8-9H2,(H,22,24,25)/b18-10-. The van der Waals surface area contributed by atoms with Crippen LogP contribution in [0.3, 0.4) is 0 Å². The van der Waals surface area contributed by atoms with Gasteiger partial charge in [-0.15, -0.1) is 0 Å². The van der Waals surface area contributed by atoms with Gasteiger partial charge >= 0.3 is 0 Å². The second-order valence-electron chi connectivity index (χ2n) is 5.95. The fraction of sp³-hybridized carbons (Fsp3) is 0.100. The average Bonchev–Trinajstić information content (AvgIpc) is 3.15. The van der Waals surface area contributed by atoms with Gasteiger partial charge in [-0.2, -0.15) is 0 Å². The third kappa shape index (κ3) is 3.94. The largest absolute Gasteiger partial charge is 0.492 e. The minimum Gasteiger partial charge on any atom is -0.492 e. The third-order valence-corrected chi connectivity index (χ3v) is 5.45. The first-order valence-electron chi connectivity index (χ1n) is 8.31. The van der Waals surface area contributed by atoms with Gasteiger partial charge in [0.1, 0.15) is 12.4 Å². The van der Waals surface area contributed by atoms with E-state index in [9.17, 15) is 9.59 Å². The van der Waals surface area contributed by atoms with Gasteiger partial charge in [-0.3, -0.25) is 14.9 Å². The molecule has 0 unspecified atom stereocenters. The highest BCUT2D eigenvalue weighted by Gasteiger charge is 2.25. The lowest BCUT2D eigenvalue weighted by Gasteiger charge is -2.08. The highest BCUT2D eigenvalue weighted by Crippen LogP contribution is 2.31. The van der Waals surface area contributed by atoms with Crippen molar-refractivity contribution in [3.05, 3.63) is 69.7 Å². The Morgan fingerprint density at radius 2 is 1.96 bits per heavy atom. The summed E-state index contributed by atoms with van der Waals surface area (Å²) in [5, 5.41) is 2.95. The van der Waals surface area contributed by atoms with Gasteiger partial charge in [0.2, 0.25) is 0 Å². The van der Waals surface area contributed by atoms with Gasteiger partial charge in [0, 0.05) is 27.1 Å². The number of fused-ring (bicyclic) bond motifs is 1. The highest BCUT2D eigenvalue weighted by atomic mass is 79.9. The van der Waals surface area contributed by atoms with Crippen molar-refractivity contribution in [1.82, 2.24) is 9.88 Å². The van der Waals surface area contributed by atoms with Crippen molar-refractivity contribution in [1.29, 1.82) is 0 Å². The first kappa shape index (κ1) is 17.9. The molecule has 2 aromatic carbocycles. The summed E-state index contributed by atoms with van der Waals surface area (Å²) in [6.45, 7) is 1.18. The Bertz CT molecular complexity index is 1060. The SMILES string of the molecule is O=C1NC(=O)/C(=C/c2cn(CCOc3ccccc3)c3ccc(Br)cc23)S1. The maximum absolute atomic E-state index is 11.9. The molecule has 0 aliphatic carbocycles. The molecule has 0 bridgehead atoms. The number of thioether (sulfide) groups is 1. The van der Waals surface area contributed by atoms with E-state index in [0.29, 0.717) is 18.1 Å². The summed E-state index contributed by atoms with van der Waals surface area (Å²) in [7, 11) is 0. The van der Waals surface area contributed by atoms with Gasteiger partial charge in [0.05, 0.1) is 11.4 Å². The molecular formula is C20H15BrN2O3S. The van der Waals surface area contributed by atoms with E-state index in [1.54, 1.807) is 6.08 Å². The highest BCUT2D eigenvalue weighted by molar-refractivity contribution is 9.10. The second-order valence-corrected chi connectivity index (χ2v) is 7.88. The van der Waals surface area contributed by atoms with Gasteiger partial charge < -0.3 is 9.30 Å². The van der Waals surface area contributed by atoms with Gasteiger partial charge in [-0.1, -0.05) is 34.1 Å². The molecule has 4 rings (SSSR count). The van der Waals surface area contributed by atoms with Crippen LogP contribution in [0.2, 0.25) is 0 Å². The molecule has 0 saturated carbocycles. The summed E-state index contributed by atoms with van der Waals surface area (Å²) < 4.78 is 8.84. The monoisotopic (exact) mass is 442 g/mol. The minimum atomic E-state index is -0.353. The van der Waals surface area contributed by atoms with Crippen LogP contribution in [0.15, 0.2) is 64.1 Å². The van der Waals surface area contributed by atoms with Gasteiger partial charge in [-0.25, -0.2) is 0 Å². The number of carbonyl (C=O) groups excluding carboxylic acids is 2. The van der Waals surface area contributed by atoms with Crippen molar-refractivity contribution < 1.29 is 14.3 Å². The number of hydrogen-bond acceptors (Lipinski definition) is 4. The van der Waals surface area contributed by atoms with Crippen molar-refractivity contribution in [3.63, 3.8) is 0 Å². The Balaban J connectivity index is 1.62. The Morgan fingerprint density at radius 3 is 2.70 bits per heavy atom. The zero-order valence-electron chi connectivity index (χ0n) is 14.1. The number of halogens is 1. The zero-order valence-corrected chi connectivity index (χ0v) is 16.5. The Hall–Kier alpha value is -2.51. The van der Waals surface area contributed by atoms with Gasteiger partial charge in [0.15, 0.2) is 0 Å². The van der Waals surface area contributed by atoms with Crippen molar-refractivity contribution in [2.24, 2.45) is 0 Å². The molecule has 2 heterocycles. The number of nitrogens with zero attached hydrogens (tertiary/aromatic N) is 1. The van der Waals surface area contributed by atoms with E-state index in [0.717, 1.165) is 38.5 Å². The molecule has 136 valence electrons. The number of rotatable bonds is 5. The van der Waals surface area contributed by atoms with E-state index in [4.69, 9.17) is 4.74 Å². The van der Waals surface area contributed by atoms with Crippen molar-refractivity contribution in [2.45, 2.75) is 6.54 Å². The van der Waals surface area contributed by atoms with Crippen molar-refractivity contribution in [2.75, 3.05) is 6.61 Å². The third-order valence-electron chi connectivity index (χ3n) is 4.15. The van der Waals surface area contributed by atoms with E-state index < -0.39 is 0 Å². The van der Waals surface area contributed by atoms with Crippen LogP contribution in [0.25, 0.3) is 17.0 Å². The number of amides is 2. The van der Waals surface area contributed by atoms with E-state index in [2.05, 4.69) is 25.8 Å². The summed E-state index contributed by atoms with van der Waals surface area (Å²) in [6.07, 6.45) is 3.74. The van der Waals surface area contributed by atoms with Crippen LogP contribution < -0.4 is 10.1 Å². The number of para-hydroxylation sites is 1. The topological polar surface area (TPSA) is 60.3 Å². The predicted octanol–water partition coefficient (Wildman–Crippen LogP) is 4.81. The molecule has 0 spiro atoms. The molecule has 1 saturated heterocycles. The van der Waals surface area contributed by atoms with E-state index >= 15 is 0 Å². The second kappa shape index (κ2) is 7.62.